The maximum atomic E-state index is 10.0. The first kappa shape index (κ1) is 28.9. The molecule has 3 nitrogen and oxygen atoms in total. The van der Waals surface area contributed by atoms with Crippen molar-refractivity contribution in [1.29, 1.82) is 0 Å². The molecular weight excluding hydrogens is 678 g/mol. The molecule has 4 aromatic rings. The molecule has 1 radical (unpaired) electrons. The zero-order valence-corrected chi connectivity index (χ0v) is 25.2. The van der Waals surface area contributed by atoms with Crippen molar-refractivity contribution in [3.63, 3.8) is 0 Å². The second kappa shape index (κ2) is 13.1. The van der Waals surface area contributed by atoms with Gasteiger partial charge < -0.3 is 5.11 Å². The van der Waals surface area contributed by atoms with Crippen LogP contribution < -0.4 is 0 Å². The molecule has 0 aliphatic heterocycles. The molecule has 0 saturated heterocycles. The van der Waals surface area contributed by atoms with E-state index in [9.17, 15) is 4.79 Å². The number of nitrogens with zero attached hydrogens (tertiary/aromatic N) is 1. The van der Waals surface area contributed by atoms with Crippen LogP contribution in [0.25, 0.3) is 30.9 Å². The molecule has 0 bridgehead atoms. The maximum Gasteiger partial charge on any atom is 0 e. The Bertz CT molecular complexity index is 1280. The first-order valence-corrected chi connectivity index (χ1v) is 13.3. The van der Waals surface area contributed by atoms with Gasteiger partial charge in [0.2, 0.25) is 0 Å². The Kier molecular flexibility index (Phi) is 10.9. The van der Waals surface area contributed by atoms with Gasteiger partial charge in [0, 0.05) is 26.2 Å². The topological polar surface area (TPSA) is 50.2 Å². The first-order chi connectivity index (χ1) is 16.2. The van der Waals surface area contributed by atoms with Crippen molar-refractivity contribution in [2.45, 2.75) is 53.4 Å². The maximum absolute atomic E-state index is 10.0. The zero-order chi connectivity index (χ0) is 24.8. The molecule has 2 aromatic heterocycles. The van der Waals surface area contributed by atoms with Gasteiger partial charge in [-0.1, -0.05) is 0 Å². The molecule has 1 N–H and O–H groups in total. The fourth-order valence-corrected chi connectivity index (χ4v) is 6.21. The summed E-state index contributed by atoms with van der Waals surface area (Å²) in [5, 5.41) is 9.68. The number of carbonyl (C=O) groups excluding carboxylic acids is 1. The molecule has 4 rings (SSSR count). The summed E-state index contributed by atoms with van der Waals surface area (Å²) in [6, 6.07) is 22.8. The Morgan fingerprint density at radius 3 is 2.14 bits per heavy atom. The Hall–Kier alpha value is -2.29. The van der Waals surface area contributed by atoms with Crippen LogP contribution in [0.5, 0.6) is 0 Å². The van der Waals surface area contributed by atoms with Gasteiger partial charge in [-0.05, 0) is 13.8 Å². The number of aliphatic hydroxyl groups excluding tert-OH is 1. The fourth-order valence-electron chi connectivity index (χ4n) is 3.90. The van der Waals surface area contributed by atoms with Gasteiger partial charge >= 0.3 is 168 Å². The standard InChI is InChI=1S/C25H24NSe.C5H8O2.Ir/c1-16(2)20-11-8-12-21(17(3)4)25(20)23-14-19-13-22(26-15-24(19)27-23)18-9-6-5-7-10-18;1-4(6)3-5(2)7;/h5-9,11-17H,1-4H3;3,6H,1-2H3;/q-1;;/b;4-3-;. The molecule has 185 valence electrons. The molecule has 5 heteroatoms. The minimum atomic E-state index is -0.125. The van der Waals surface area contributed by atoms with Crippen LogP contribution in [0.4, 0.5) is 0 Å². The predicted octanol–water partition coefficient (Wildman–Crippen LogP) is 7.71. The van der Waals surface area contributed by atoms with E-state index in [4.69, 9.17) is 10.1 Å². The largest absolute Gasteiger partial charge is 0 e. The van der Waals surface area contributed by atoms with Crippen LogP contribution in [-0.2, 0) is 24.9 Å². The summed E-state index contributed by atoms with van der Waals surface area (Å²) < 4.78 is 2.87. The van der Waals surface area contributed by atoms with E-state index in [0.717, 1.165) is 11.3 Å². The summed E-state index contributed by atoms with van der Waals surface area (Å²) in [6.07, 6.45) is 3.24. The summed E-state index contributed by atoms with van der Waals surface area (Å²) in [7, 11) is 0. The summed E-state index contributed by atoms with van der Waals surface area (Å²) >= 11 is 0.301. The van der Waals surface area contributed by atoms with Gasteiger partial charge in [0.15, 0.2) is 5.78 Å². The number of rotatable bonds is 5. The number of hydrogen-bond acceptors (Lipinski definition) is 3. The average molecular weight is 710 g/mol. The zero-order valence-electron chi connectivity index (χ0n) is 21.0. The van der Waals surface area contributed by atoms with Gasteiger partial charge in [-0.25, -0.2) is 0 Å². The Labute approximate surface area is 228 Å². The van der Waals surface area contributed by atoms with E-state index in [2.05, 4.69) is 76.4 Å². The number of pyridine rings is 1. The van der Waals surface area contributed by atoms with Gasteiger partial charge in [-0.3, -0.25) is 4.79 Å². The van der Waals surface area contributed by atoms with Crippen molar-refractivity contribution < 1.29 is 30.0 Å². The number of benzene rings is 2. The second-order valence-corrected chi connectivity index (χ2v) is 11.3. The van der Waals surface area contributed by atoms with E-state index >= 15 is 0 Å². The number of fused-ring (bicyclic) bond motifs is 1. The predicted molar refractivity (Wildman–Crippen MR) is 144 cm³/mol. The Morgan fingerprint density at radius 1 is 1.00 bits per heavy atom. The van der Waals surface area contributed by atoms with Crippen molar-refractivity contribution >= 4 is 29.9 Å². The van der Waals surface area contributed by atoms with Gasteiger partial charge in [0.25, 0.3) is 0 Å². The van der Waals surface area contributed by atoms with Gasteiger partial charge in [-0.15, -0.1) is 0 Å². The quantitative estimate of drug-likeness (QED) is 0.100. The van der Waals surface area contributed by atoms with Crippen molar-refractivity contribution in [3.8, 4) is 21.3 Å². The third kappa shape index (κ3) is 7.59. The molecule has 0 aliphatic carbocycles. The summed E-state index contributed by atoms with van der Waals surface area (Å²) in [5.74, 6) is 0.978. The smallest absolute Gasteiger partial charge is 0 e. The van der Waals surface area contributed by atoms with Crippen LogP contribution in [0.1, 0.15) is 64.5 Å². The minimum Gasteiger partial charge on any atom is 0 e. The van der Waals surface area contributed by atoms with Crippen molar-refractivity contribution in [3.05, 3.63) is 89.8 Å². The minimum absolute atomic E-state index is 0. The molecule has 2 heterocycles. The number of carbonyl (C=O) groups is 1. The van der Waals surface area contributed by atoms with E-state index in [0.29, 0.717) is 26.3 Å². The third-order valence-corrected chi connectivity index (χ3v) is 7.73. The van der Waals surface area contributed by atoms with Crippen LogP contribution in [0.15, 0.2) is 72.6 Å². The van der Waals surface area contributed by atoms with E-state index in [1.807, 2.05) is 18.2 Å². The Morgan fingerprint density at radius 2 is 1.66 bits per heavy atom. The fraction of sp³-hybridized carbons (Fsp3) is 0.267. The molecule has 0 aliphatic rings. The van der Waals surface area contributed by atoms with Crippen LogP contribution in [-0.4, -0.2) is 30.4 Å². The summed E-state index contributed by atoms with van der Waals surface area (Å²) in [4.78, 5) is 14.7. The van der Waals surface area contributed by atoms with Crippen molar-refractivity contribution in [2.75, 3.05) is 0 Å². The molecular formula is C30H32IrNO2Se-. The summed E-state index contributed by atoms with van der Waals surface area (Å²) in [6.45, 7) is 12.0. The summed E-state index contributed by atoms with van der Waals surface area (Å²) in [5.41, 5.74) is 6.47. The van der Waals surface area contributed by atoms with Crippen LogP contribution in [0, 0.1) is 6.07 Å². The molecule has 0 fully saturated rings. The monoisotopic (exact) mass is 711 g/mol. The van der Waals surface area contributed by atoms with Crippen LogP contribution >= 0.6 is 0 Å². The number of hydrogen-bond donors (Lipinski definition) is 1. The second-order valence-electron chi connectivity index (χ2n) is 9.01. The van der Waals surface area contributed by atoms with E-state index in [-0.39, 0.29) is 31.6 Å². The number of aromatic nitrogens is 1. The molecule has 0 spiro atoms. The van der Waals surface area contributed by atoms with Crippen molar-refractivity contribution in [2.24, 2.45) is 0 Å². The molecule has 35 heavy (non-hydrogen) atoms. The molecule has 2 aromatic carbocycles. The van der Waals surface area contributed by atoms with Gasteiger partial charge in [0.1, 0.15) is 0 Å². The molecule has 0 amide bonds. The van der Waals surface area contributed by atoms with Crippen LogP contribution in [0.2, 0.25) is 0 Å². The Balaban J connectivity index is 0.000000476. The van der Waals surface area contributed by atoms with E-state index in [1.54, 1.807) is 0 Å². The van der Waals surface area contributed by atoms with E-state index in [1.165, 1.54) is 50.7 Å². The number of aliphatic hydroxyl groups is 1. The average Bonchev–Trinajstić information content (AvgIpc) is 3.21. The van der Waals surface area contributed by atoms with Crippen LogP contribution in [0.3, 0.4) is 0 Å². The third-order valence-electron chi connectivity index (χ3n) is 5.42. The molecule has 0 atom stereocenters. The normalized spacial score (nSPS) is 11.3. The molecule has 0 unspecified atom stereocenters. The van der Waals surface area contributed by atoms with Crippen molar-refractivity contribution in [1.82, 2.24) is 4.98 Å². The SMILES string of the molecule is CC(=O)/C=C(/C)O.CC(C)c1cccc(C(C)C)c1-c1cc2cc(-c3[c-]cccc3)ncc2[se]1.[Ir]. The number of ketones is 1. The first-order valence-electron chi connectivity index (χ1n) is 11.5. The van der Waals surface area contributed by atoms with E-state index < -0.39 is 0 Å². The molecule has 0 saturated carbocycles. The van der Waals surface area contributed by atoms with Gasteiger partial charge in [0.05, 0.1) is 5.76 Å². The number of allylic oxidation sites excluding steroid dienone is 2. The van der Waals surface area contributed by atoms with Gasteiger partial charge in [-0.2, -0.15) is 0 Å².